The van der Waals surface area contributed by atoms with Gasteiger partial charge in [0.1, 0.15) is 0 Å². The number of nitrogens with zero attached hydrogens (tertiary/aromatic N) is 1. The van der Waals surface area contributed by atoms with Crippen molar-refractivity contribution < 1.29 is 0 Å². The molecule has 2 aliphatic carbocycles. The third-order valence-electron chi connectivity index (χ3n) is 5.04. The van der Waals surface area contributed by atoms with E-state index in [0.29, 0.717) is 0 Å². The Kier molecular flexibility index (Phi) is 5.97. The molecular formula is C16H32N2. The van der Waals surface area contributed by atoms with Crippen molar-refractivity contribution in [2.45, 2.75) is 83.2 Å². The number of rotatable bonds is 5. The lowest BCUT2D eigenvalue weighted by atomic mass is 9.84. The van der Waals surface area contributed by atoms with E-state index in [1.54, 1.807) is 0 Å². The molecule has 0 aromatic heterocycles. The van der Waals surface area contributed by atoms with Crippen molar-refractivity contribution in [2.24, 2.45) is 11.7 Å². The van der Waals surface area contributed by atoms with Crippen LogP contribution < -0.4 is 5.73 Å². The molecule has 0 bridgehead atoms. The van der Waals surface area contributed by atoms with Gasteiger partial charge in [-0.2, -0.15) is 0 Å². The van der Waals surface area contributed by atoms with Gasteiger partial charge in [-0.3, -0.25) is 4.90 Å². The lowest BCUT2D eigenvalue weighted by Crippen LogP contribution is -2.46. The molecule has 0 aromatic rings. The largest absolute Gasteiger partial charge is 0.330 e. The summed E-state index contributed by atoms with van der Waals surface area (Å²) in [6, 6.07) is 1.74. The molecule has 2 rings (SSSR count). The van der Waals surface area contributed by atoms with Crippen LogP contribution in [0.25, 0.3) is 0 Å². The van der Waals surface area contributed by atoms with Crippen molar-refractivity contribution in [3.05, 3.63) is 0 Å². The van der Waals surface area contributed by atoms with Gasteiger partial charge in [0.05, 0.1) is 0 Å². The summed E-state index contributed by atoms with van der Waals surface area (Å²) in [5.74, 6) is 0.938. The predicted octanol–water partition coefficient (Wildman–Crippen LogP) is 3.55. The van der Waals surface area contributed by atoms with Gasteiger partial charge < -0.3 is 5.73 Å². The molecular weight excluding hydrogens is 220 g/mol. The first-order valence-electron chi connectivity index (χ1n) is 8.27. The Balaban J connectivity index is 1.93. The topological polar surface area (TPSA) is 29.3 Å². The summed E-state index contributed by atoms with van der Waals surface area (Å²) < 4.78 is 0. The molecule has 2 saturated carbocycles. The van der Waals surface area contributed by atoms with E-state index < -0.39 is 0 Å². The Morgan fingerprint density at radius 3 is 2.33 bits per heavy atom. The van der Waals surface area contributed by atoms with Crippen molar-refractivity contribution in [3.8, 4) is 0 Å². The van der Waals surface area contributed by atoms with Crippen LogP contribution in [0.3, 0.4) is 0 Å². The average Bonchev–Trinajstić information content (AvgIpc) is 2.40. The monoisotopic (exact) mass is 252 g/mol. The molecule has 0 aromatic carbocycles. The lowest BCUT2D eigenvalue weighted by molar-refractivity contribution is 0.0681. The fourth-order valence-electron chi connectivity index (χ4n) is 4.05. The fourth-order valence-corrected chi connectivity index (χ4v) is 4.05. The highest BCUT2D eigenvalue weighted by atomic mass is 15.2. The molecule has 0 saturated heterocycles. The van der Waals surface area contributed by atoms with Gasteiger partial charge in [0, 0.05) is 12.1 Å². The second-order valence-electron chi connectivity index (χ2n) is 6.60. The Labute approximate surface area is 113 Å². The summed E-state index contributed by atoms with van der Waals surface area (Å²) in [4.78, 5) is 2.86. The number of nitrogens with two attached hydrogens (primary N) is 1. The third kappa shape index (κ3) is 3.96. The molecule has 2 nitrogen and oxygen atoms in total. The molecule has 0 heterocycles. The molecule has 2 N–H and O–H groups in total. The van der Waals surface area contributed by atoms with Crippen LogP contribution in [0, 0.1) is 5.92 Å². The lowest BCUT2D eigenvalue weighted by Gasteiger charge is -2.43. The van der Waals surface area contributed by atoms with Gasteiger partial charge in [0.25, 0.3) is 0 Å². The maximum atomic E-state index is 5.74. The minimum atomic E-state index is 0.853. The predicted molar refractivity (Wildman–Crippen MR) is 78.7 cm³/mol. The van der Waals surface area contributed by atoms with Gasteiger partial charge in [0.15, 0.2) is 0 Å². The Bertz CT molecular complexity index is 223. The van der Waals surface area contributed by atoms with Crippen molar-refractivity contribution in [3.63, 3.8) is 0 Å². The Morgan fingerprint density at radius 1 is 0.944 bits per heavy atom. The maximum Gasteiger partial charge on any atom is 0.0101 e. The van der Waals surface area contributed by atoms with E-state index in [1.807, 2.05) is 0 Å². The SMILES string of the molecule is CC1CCCC(N(CCCN)C2CCCCC2)C1. The summed E-state index contributed by atoms with van der Waals surface area (Å²) in [6.07, 6.45) is 14.2. The minimum absolute atomic E-state index is 0.853. The summed E-state index contributed by atoms with van der Waals surface area (Å²) >= 11 is 0. The zero-order chi connectivity index (χ0) is 12.8. The normalized spacial score (nSPS) is 30.8. The van der Waals surface area contributed by atoms with Crippen LogP contribution in [0.15, 0.2) is 0 Å². The van der Waals surface area contributed by atoms with Gasteiger partial charge in [-0.05, 0) is 51.1 Å². The molecule has 0 amide bonds. The fraction of sp³-hybridized carbons (Fsp3) is 1.00. The van der Waals surface area contributed by atoms with E-state index in [-0.39, 0.29) is 0 Å². The molecule has 2 heteroatoms. The van der Waals surface area contributed by atoms with Crippen LogP contribution in [0.5, 0.6) is 0 Å². The minimum Gasteiger partial charge on any atom is -0.330 e. The second-order valence-corrected chi connectivity index (χ2v) is 6.60. The van der Waals surface area contributed by atoms with E-state index in [9.17, 15) is 0 Å². The summed E-state index contributed by atoms with van der Waals surface area (Å²) in [7, 11) is 0. The molecule has 0 aliphatic heterocycles. The molecule has 106 valence electrons. The maximum absolute atomic E-state index is 5.74. The summed E-state index contributed by atoms with van der Waals surface area (Å²) in [5.41, 5.74) is 5.74. The molecule has 2 unspecified atom stereocenters. The molecule has 2 aliphatic rings. The zero-order valence-electron chi connectivity index (χ0n) is 12.2. The van der Waals surface area contributed by atoms with Gasteiger partial charge in [-0.1, -0.05) is 39.0 Å². The Hall–Kier alpha value is -0.0800. The average molecular weight is 252 g/mol. The second kappa shape index (κ2) is 7.49. The van der Waals surface area contributed by atoms with Gasteiger partial charge in [0.2, 0.25) is 0 Å². The van der Waals surface area contributed by atoms with Crippen LogP contribution >= 0.6 is 0 Å². The molecule has 2 atom stereocenters. The van der Waals surface area contributed by atoms with Crippen LogP contribution in [0.4, 0.5) is 0 Å². The van der Waals surface area contributed by atoms with Crippen molar-refractivity contribution >= 4 is 0 Å². The highest BCUT2D eigenvalue weighted by Gasteiger charge is 2.29. The molecule has 0 spiro atoms. The highest BCUT2D eigenvalue weighted by molar-refractivity contribution is 4.85. The van der Waals surface area contributed by atoms with Crippen LogP contribution in [0.2, 0.25) is 0 Å². The highest BCUT2D eigenvalue weighted by Crippen LogP contribution is 2.32. The van der Waals surface area contributed by atoms with Gasteiger partial charge >= 0.3 is 0 Å². The van der Waals surface area contributed by atoms with Crippen molar-refractivity contribution in [1.82, 2.24) is 4.90 Å². The quantitative estimate of drug-likeness (QED) is 0.811. The molecule has 2 fully saturated rings. The Morgan fingerprint density at radius 2 is 1.67 bits per heavy atom. The first kappa shape index (κ1) is 14.3. The van der Waals surface area contributed by atoms with Crippen molar-refractivity contribution in [1.29, 1.82) is 0 Å². The van der Waals surface area contributed by atoms with Crippen LogP contribution in [-0.4, -0.2) is 30.1 Å². The van der Waals surface area contributed by atoms with E-state index in [4.69, 9.17) is 5.73 Å². The van der Waals surface area contributed by atoms with Crippen LogP contribution in [0.1, 0.15) is 71.1 Å². The van der Waals surface area contributed by atoms with Gasteiger partial charge in [-0.25, -0.2) is 0 Å². The van der Waals surface area contributed by atoms with E-state index in [1.165, 1.54) is 70.8 Å². The standard InChI is InChI=1S/C16H32N2/c1-14-7-5-10-16(13-14)18(12-6-11-17)15-8-3-2-4-9-15/h14-16H,2-13,17H2,1H3. The first-order chi connectivity index (χ1) is 8.81. The smallest absolute Gasteiger partial charge is 0.0101 e. The third-order valence-corrected chi connectivity index (χ3v) is 5.04. The van der Waals surface area contributed by atoms with E-state index in [0.717, 1.165) is 24.5 Å². The zero-order valence-corrected chi connectivity index (χ0v) is 12.2. The number of hydrogen-bond donors (Lipinski definition) is 1. The molecule has 0 radical (unpaired) electrons. The summed E-state index contributed by atoms with van der Waals surface area (Å²) in [6.45, 7) is 4.54. The number of hydrogen-bond acceptors (Lipinski definition) is 2. The first-order valence-corrected chi connectivity index (χ1v) is 8.27. The van der Waals surface area contributed by atoms with Gasteiger partial charge in [-0.15, -0.1) is 0 Å². The van der Waals surface area contributed by atoms with E-state index >= 15 is 0 Å². The van der Waals surface area contributed by atoms with Crippen molar-refractivity contribution in [2.75, 3.05) is 13.1 Å². The summed E-state index contributed by atoms with van der Waals surface area (Å²) in [5, 5.41) is 0. The van der Waals surface area contributed by atoms with Crippen LogP contribution in [-0.2, 0) is 0 Å². The molecule has 18 heavy (non-hydrogen) atoms. The van der Waals surface area contributed by atoms with E-state index in [2.05, 4.69) is 11.8 Å².